The van der Waals surface area contributed by atoms with Crippen LogP contribution in [0.25, 0.3) is 0 Å². The third-order valence-corrected chi connectivity index (χ3v) is 3.56. The summed E-state index contributed by atoms with van der Waals surface area (Å²) in [6.45, 7) is 0.254. The zero-order valence-corrected chi connectivity index (χ0v) is 13.1. The lowest BCUT2D eigenvalue weighted by molar-refractivity contribution is -0.296. The van der Waals surface area contributed by atoms with E-state index in [1.54, 1.807) is 0 Å². The van der Waals surface area contributed by atoms with Gasteiger partial charge in [-0.3, -0.25) is 4.18 Å². The van der Waals surface area contributed by atoms with Crippen molar-refractivity contribution >= 4 is 10.1 Å². The quantitative estimate of drug-likeness (QED) is 0.574. The first-order chi connectivity index (χ1) is 9.37. The summed E-state index contributed by atoms with van der Waals surface area (Å²) in [4.78, 5) is 0. The summed E-state index contributed by atoms with van der Waals surface area (Å²) in [6.07, 6.45) is -2.58. The lowest BCUT2D eigenvalue weighted by Gasteiger charge is -2.43. The molecule has 5 atom stereocenters. The van der Waals surface area contributed by atoms with Gasteiger partial charge >= 0.3 is 0 Å². The summed E-state index contributed by atoms with van der Waals surface area (Å²) >= 11 is 0. The Morgan fingerprint density at radius 3 is 1.95 bits per heavy atom. The molecule has 120 valence electrons. The van der Waals surface area contributed by atoms with Crippen molar-refractivity contribution in [2.45, 2.75) is 30.7 Å². The Balaban J connectivity index is 3.01. The fourth-order valence-electron chi connectivity index (χ4n) is 2.22. The summed E-state index contributed by atoms with van der Waals surface area (Å²) in [7, 11) is 2.15. The normalized spacial score (nSPS) is 35.1. The smallest absolute Gasteiger partial charge is 0.264 e. The van der Waals surface area contributed by atoms with Crippen molar-refractivity contribution < 1.29 is 36.3 Å². The number of rotatable bonds is 7. The summed E-state index contributed by atoms with van der Waals surface area (Å²) in [5.74, 6) is 0. The zero-order chi connectivity index (χ0) is 15.3. The summed E-state index contributed by atoms with van der Waals surface area (Å²) in [5, 5.41) is 0. The number of hydrogen-bond acceptors (Lipinski definition) is 8. The van der Waals surface area contributed by atoms with Crippen LogP contribution in [0.1, 0.15) is 0 Å². The van der Waals surface area contributed by atoms with Gasteiger partial charge in [-0.15, -0.1) is 0 Å². The van der Waals surface area contributed by atoms with Crippen molar-refractivity contribution in [3.05, 3.63) is 0 Å². The van der Waals surface area contributed by atoms with Crippen molar-refractivity contribution in [1.82, 2.24) is 0 Å². The molecule has 0 amide bonds. The Morgan fingerprint density at radius 2 is 1.55 bits per heavy atom. The van der Waals surface area contributed by atoms with Gasteiger partial charge in [0.1, 0.15) is 18.3 Å². The van der Waals surface area contributed by atoms with E-state index in [-0.39, 0.29) is 6.61 Å². The summed E-state index contributed by atoms with van der Waals surface area (Å²) in [6, 6.07) is 0. The van der Waals surface area contributed by atoms with Gasteiger partial charge in [0.25, 0.3) is 10.1 Å². The predicted molar refractivity (Wildman–Crippen MR) is 68.9 cm³/mol. The van der Waals surface area contributed by atoms with Crippen LogP contribution in [0.2, 0.25) is 0 Å². The van der Waals surface area contributed by atoms with Crippen molar-refractivity contribution in [3.8, 4) is 0 Å². The number of hydrogen-bond donors (Lipinski definition) is 0. The Kier molecular flexibility index (Phi) is 6.79. The molecule has 0 aromatic rings. The third kappa shape index (κ3) is 4.35. The van der Waals surface area contributed by atoms with Crippen molar-refractivity contribution in [2.75, 3.05) is 41.3 Å². The van der Waals surface area contributed by atoms with E-state index in [2.05, 4.69) is 0 Å². The second-order valence-corrected chi connectivity index (χ2v) is 6.00. The highest BCUT2D eigenvalue weighted by Gasteiger charge is 2.49. The Labute approximate surface area is 119 Å². The molecule has 8 nitrogen and oxygen atoms in total. The van der Waals surface area contributed by atoms with Crippen molar-refractivity contribution in [2.24, 2.45) is 0 Å². The zero-order valence-electron chi connectivity index (χ0n) is 12.3. The van der Waals surface area contributed by atoms with Crippen molar-refractivity contribution in [1.29, 1.82) is 0 Å². The third-order valence-electron chi connectivity index (χ3n) is 2.98. The lowest BCUT2D eigenvalue weighted by Crippen LogP contribution is -2.61. The maximum absolute atomic E-state index is 11.4. The second-order valence-electron chi connectivity index (χ2n) is 4.40. The molecule has 0 aromatic carbocycles. The molecule has 1 aliphatic rings. The first-order valence-electron chi connectivity index (χ1n) is 5.99. The Bertz CT molecular complexity index is 384. The standard InChI is InChI=1S/C11H22O8S/c1-14-6-7-8(15-2)9(16-3)10(11(17-4)18-7)19-20(5,12)13/h7-11H,6H2,1-5H3/t7-,8+,9+,10-,11+/m1/s1. The number of methoxy groups -OCH3 is 4. The van der Waals surface area contributed by atoms with Crippen LogP contribution in [0.4, 0.5) is 0 Å². The fraction of sp³-hybridized carbons (Fsp3) is 1.00. The van der Waals surface area contributed by atoms with Crippen LogP contribution in [-0.2, 0) is 38.0 Å². The molecule has 1 fully saturated rings. The van der Waals surface area contributed by atoms with E-state index in [1.165, 1.54) is 28.4 Å². The topological polar surface area (TPSA) is 89.5 Å². The van der Waals surface area contributed by atoms with E-state index in [4.69, 9.17) is 27.9 Å². The lowest BCUT2D eigenvalue weighted by atomic mass is 9.99. The molecule has 0 unspecified atom stereocenters. The van der Waals surface area contributed by atoms with Crippen LogP contribution in [0.15, 0.2) is 0 Å². The molecule has 0 bridgehead atoms. The maximum atomic E-state index is 11.4. The summed E-state index contributed by atoms with van der Waals surface area (Å²) < 4.78 is 54.3. The Morgan fingerprint density at radius 1 is 0.950 bits per heavy atom. The first-order valence-corrected chi connectivity index (χ1v) is 7.80. The minimum Gasteiger partial charge on any atom is -0.382 e. The molecule has 0 aliphatic carbocycles. The van der Waals surface area contributed by atoms with E-state index in [1.807, 2.05) is 0 Å². The number of ether oxygens (including phenoxy) is 5. The van der Waals surface area contributed by atoms with Crippen molar-refractivity contribution in [3.63, 3.8) is 0 Å². The fourth-order valence-corrected chi connectivity index (χ4v) is 2.83. The first kappa shape index (κ1) is 17.8. The highest BCUT2D eigenvalue weighted by molar-refractivity contribution is 7.86. The van der Waals surface area contributed by atoms with Gasteiger partial charge in [-0.1, -0.05) is 0 Å². The van der Waals surface area contributed by atoms with E-state index in [0.29, 0.717) is 0 Å². The average molecular weight is 314 g/mol. The molecule has 1 saturated heterocycles. The minimum atomic E-state index is -3.70. The van der Waals surface area contributed by atoms with Gasteiger partial charge in [0.05, 0.1) is 12.9 Å². The molecule has 20 heavy (non-hydrogen) atoms. The Hall–Kier alpha value is -0.290. The van der Waals surface area contributed by atoms with Crippen LogP contribution in [0.5, 0.6) is 0 Å². The molecule has 1 heterocycles. The van der Waals surface area contributed by atoms with E-state index >= 15 is 0 Å². The molecular formula is C11H22O8S. The molecule has 9 heteroatoms. The van der Waals surface area contributed by atoms with Gasteiger partial charge < -0.3 is 23.7 Å². The van der Waals surface area contributed by atoms with Gasteiger partial charge in [0, 0.05) is 28.4 Å². The molecule has 0 aromatic heterocycles. The SMILES string of the molecule is COC[C@H]1O[C@H](OC)[C@H](OS(C)(=O)=O)[C@@H](OC)[C@H]1OC. The van der Waals surface area contributed by atoms with E-state index in [9.17, 15) is 8.42 Å². The highest BCUT2D eigenvalue weighted by atomic mass is 32.2. The second kappa shape index (κ2) is 7.64. The predicted octanol–water partition coefficient (Wildman–Crippen LogP) is -0.621. The van der Waals surface area contributed by atoms with Crippen LogP contribution >= 0.6 is 0 Å². The van der Waals surface area contributed by atoms with Crippen LogP contribution in [0.3, 0.4) is 0 Å². The largest absolute Gasteiger partial charge is 0.382 e. The van der Waals surface area contributed by atoms with E-state index < -0.39 is 40.8 Å². The molecule has 1 aliphatic heterocycles. The maximum Gasteiger partial charge on any atom is 0.264 e. The molecule has 0 saturated carbocycles. The summed E-state index contributed by atoms with van der Waals surface area (Å²) in [5.41, 5.74) is 0. The average Bonchev–Trinajstić information content (AvgIpc) is 2.37. The molecular weight excluding hydrogens is 292 g/mol. The van der Waals surface area contributed by atoms with Crippen LogP contribution in [-0.4, -0.2) is 80.4 Å². The monoisotopic (exact) mass is 314 g/mol. The molecule has 0 spiro atoms. The van der Waals surface area contributed by atoms with Gasteiger partial charge in [-0.25, -0.2) is 0 Å². The molecule has 0 radical (unpaired) electrons. The van der Waals surface area contributed by atoms with Gasteiger partial charge in [0.2, 0.25) is 0 Å². The van der Waals surface area contributed by atoms with E-state index in [0.717, 1.165) is 6.26 Å². The van der Waals surface area contributed by atoms with Crippen LogP contribution in [0, 0.1) is 0 Å². The van der Waals surface area contributed by atoms with Crippen LogP contribution < -0.4 is 0 Å². The molecule has 0 N–H and O–H groups in total. The van der Waals surface area contributed by atoms with Gasteiger partial charge in [-0.05, 0) is 0 Å². The highest BCUT2D eigenvalue weighted by Crippen LogP contribution is 2.28. The molecule has 1 rings (SSSR count). The van der Waals surface area contributed by atoms with Gasteiger partial charge in [0.15, 0.2) is 12.4 Å². The minimum absolute atomic E-state index is 0.254. The van der Waals surface area contributed by atoms with Gasteiger partial charge in [-0.2, -0.15) is 8.42 Å².